The molecule has 0 radical (unpaired) electrons. The van der Waals surface area contributed by atoms with Crippen LogP contribution >= 0.6 is 0 Å². The molecule has 0 atom stereocenters. The lowest BCUT2D eigenvalue weighted by atomic mass is 9.91. The van der Waals surface area contributed by atoms with E-state index in [-0.39, 0.29) is 16.8 Å². The molecular weight excluding hydrogens is 288 g/mol. The van der Waals surface area contributed by atoms with Gasteiger partial charge in [0.2, 0.25) is 9.84 Å². The highest BCUT2D eigenvalue weighted by molar-refractivity contribution is 7.91. The molecule has 7 heteroatoms. The summed E-state index contributed by atoms with van der Waals surface area (Å²) in [7, 11) is -3.47. The van der Waals surface area contributed by atoms with Gasteiger partial charge in [-0.3, -0.25) is 0 Å². The summed E-state index contributed by atoms with van der Waals surface area (Å²) >= 11 is 0. The van der Waals surface area contributed by atoms with Gasteiger partial charge >= 0.3 is 0 Å². The van der Waals surface area contributed by atoms with E-state index in [1.807, 2.05) is 18.2 Å². The molecule has 0 saturated heterocycles. The van der Waals surface area contributed by atoms with Crippen LogP contribution in [0.4, 0.5) is 0 Å². The third kappa shape index (κ3) is 3.12. The second-order valence-electron chi connectivity index (χ2n) is 5.49. The number of rotatable bonds is 4. The van der Waals surface area contributed by atoms with Crippen molar-refractivity contribution < 1.29 is 8.42 Å². The molecule has 1 saturated carbocycles. The second-order valence-corrected chi connectivity index (χ2v) is 7.42. The van der Waals surface area contributed by atoms with Crippen LogP contribution in [0.3, 0.4) is 0 Å². The minimum atomic E-state index is -3.47. The van der Waals surface area contributed by atoms with Crippen LogP contribution in [0.2, 0.25) is 0 Å². The maximum atomic E-state index is 12.6. The standard InChI is InChI=1S/C14H18N4O2S/c19-21(20,11-12-7-3-1-4-8-12)14-15-16-17-18(14)13-9-5-2-6-10-13/h2,5-6,9-10,12H,1,3-4,7-8,11H2. The van der Waals surface area contributed by atoms with E-state index >= 15 is 0 Å². The van der Waals surface area contributed by atoms with Crippen molar-refractivity contribution in [2.75, 3.05) is 5.75 Å². The molecule has 0 N–H and O–H groups in total. The zero-order chi connectivity index (χ0) is 14.7. The van der Waals surface area contributed by atoms with Crippen LogP contribution in [0.5, 0.6) is 0 Å². The predicted molar refractivity (Wildman–Crippen MR) is 77.8 cm³/mol. The Morgan fingerprint density at radius 2 is 1.81 bits per heavy atom. The Hall–Kier alpha value is -1.76. The van der Waals surface area contributed by atoms with Crippen molar-refractivity contribution in [1.29, 1.82) is 0 Å². The average Bonchev–Trinajstić information content (AvgIpc) is 2.99. The van der Waals surface area contributed by atoms with Crippen molar-refractivity contribution in [2.24, 2.45) is 5.92 Å². The SMILES string of the molecule is O=S(=O)(CC1CCCCC1)c1nnnn1-c1ccccc1. The molecule has 0 spiro atoms. The van der Waals surface area contributed by atoms with Crippen LogP contribution in [0, 0.1) is 5.92 Å². The van der Waals surface area contributed by atoms with Crippen LogP contribution in [0.15, 0.2) is 35.5 Å². The van der Waals surface area contributed by atoms with Gasteiger partial charge in [-0.15, -0.1) is 0 Å². The highest BCUT2D eigenvalue weighted by Crippen LogP contribution is 2.26. The van der Waals surface area contributed by atoms with Gasteiger partial charge in [0.15, 0.2) is 0 Å². The van der Waals surface area contributed by atoms with Gasteiger partial charge in [-0.1, -0.05) is 42.6 Å². The first kappa shape index (κ1) is 14.2. The number of hydrogen-bond acceptors (Lipinski definition) is 5. The Balaban J connectivity index is 1.88. The van der Waals surface area contributed by atoms with Crippen molar-refractivity contribution in [2.45, 2.75) is 37.3 Å². The molecule has 112 valence electrons. The fourth-order valence-electron chi connectivity index (χ4n) is 2.84. The van der Waals surface area contributed by atoms with Crippen LogP contribution < -0.4 is 0 Å². The summed E-state index contributed by atoms with van der Waals surface area (Å²) in [6.45, 7) is 0. The van der Waals surface area contributed by atoms with E-state index in [1.165, 1.54) is 11.1 Å². The Bertz CT molecular complexity index is 691. The van der Waals surface area contributed by atoms with Crippen molar-refractivity contribution in [3.8, 4) is 5.69 Å². The molecule has 1 fully saturated rings. The van der Waals surface area contributed by atoms with Crippen molar-refractivity contribution in [3.63, 3.8) is 0 Å². The van der Waals surface area contributed by atoms with E-state index in [9.17, 15) is 8.42 Å². The lowest BCUT2D eigenvalue weighted by Crippen LogP contribution is -2.21. The zero-order valence-electron chi connectivity index (χ0n) is 11.7. The molecule has 1 aliphatic carbocycles. The summed E-state index contributed by atoms with van der Waals surface area (Å²) in [5, 5.41) is 11.1. The highest BCUT2D eigenvalue weighted by Gasteiger charge is 2.28. The van der Waals surface area contributed by atoms with E-state index in [2.05, 4.69) is 15.5 Å². The summed E-state index contributed by atoms with van der Waals surface area (Å²) in [6, 6.07) is 9.10. The van der Waals surface area contributed by atoms with Gasteiger partial charge in [-0.05, 0) is 41.3 Å². The fourth-order valence-corrected chi connectivity index (χ4v) is 4.51. The maximum absolute atomic E-state index is 12.6. The first-order chi connectivity index (χ1) is 10.2. The van der Waals surface area contributed by atoms with Gasteiger partial charge in [0.05, 0.1) is 11.4 Å². The monoisotopic (exact) mass is 306 g/mol. The van der Waals surface area contributed by atoms with Crippen molar-refractivity contribution in [1.82, 2.24) is 20.2 Å². The smallest absolute Gasteiger partial charge is 0.220 e. The number of para-hydroxylation sites is 1. The number of aromatic nitrogens is 4. The molecule has 3 rings (SSSR count). The molecule has 0 aliphatic heterocycles. The number of benzene rings is 1. The van der Waals surface area contributed by atoms with Crippen LogP contribution in [0.25, 0.3) is 5.69 Å². The maximum Gasteiger partial charge on any atom is 0.272 e. The van der Waals surface area contributed by atoms with Gasteiger partial charge in [-0.25, -0.2) is 8.42 Å². The summed E-state index contributed by atoms with van der Waals surface area (Å²) in [5.41, 5.74) is 0.657. The molecule has 21 heavy (non-hydrogen) atoms. The van der Waals surface area contributed by atoms with Crippen molar-refractivity contribution in [3.05, 3.63) is 30.3 Å². The molecule has 2 aromatic rings. The summed E-state index contributed by atoms with van der Waals surface area (Å²) in [6.07, 6.45) is 5.39. The van der Waals surface area contributed by atoms with E-state index in [0.717, 1.165) is 25.7 Å². The largest absolute Gasteiger partial charge is 0.272 e. The van der Waals surface area contributed by atoms with Crippen molar-refractivity contribution >= 4 is 9.84 Å². The predicted octanol–water partition coefficient (Wildman–Crippen LogP) is 2.02. The summed E-state index contributed by atoms with van der Waals surface area (Å²) in [4.78, 5) is 0. The van der Waals surface area contributed by atoms with E-state index in [0.29, 0.717) is 5.69 Å². The Labute approximate surface area is 124 Å². The number of hydrogen-bond donors (Lipinski definition) is 0. The van der Waals surface area contributed by atoms with E-state index in [4.69, 9.17) is 0 Å². The quantitative estimate of drug-likeness (QED) is 0.863. The third-order valence-corrected chi connectivity index (χ3v) is 5.62. The van der Waals surface area contributed by atoms with Gasteiger partial charge in [0.1, 0.15) is 0 Å². The first-order valence-corrected chi connectivity index (χ1v) is 8.88. The minimum Gasteiger partial charge on any atom is -0.220 e. The number of sulfone groups is 1. The molecule has 0 amide bonds. The molecular formula is C14H18N4O2S. The summed E-state index contributed by atoms with van der Waals surface area (Å²) < 4.78 is 26.5. The lowest BCUT2D eigenvalue weighted by molar-refractivity contribution is 0.384. The topological polar surface area (TPSA) is 77.7 Å². The third-order valence-electron chi connectivity index (χ3n) is 3.90. The Kier molecular flexibility index (Phi) is 4.01. The molecule has 6 nitrogen and oxygen atoms in total. The molecule has 1 aromatic carbocycles. The molecule has 1 heterocycles. The van der Waals surface area contributed by atoms with Crippen LogP contribution in [0.1, 0.15) is 32.1 Å². The second kappa shape index (κ2) is 5.93. The van der Waals surface area contributed by atoms with E-state index in [1.54, 1.807) is 12.1 Å². The van der Waals surface area contributed by atoms with Gasteiger partial charge in [-0.2, -0.15) is 4.68 Å². The molecule has 0 bridgehead atoms. The van der Waals surface area contributed by atoms with Gasteiger partial charge < -0.3 is 0 Å². The average molecular weight is 306 g/mol. The Morgan fingerprint density at radius 1 is 1.10 bits per heavy atom. The lowest BCUT2D eigenvalue weighted by Gasteiger charge is -2.20. The highest BCUT2D eigenvalue weighted by atomic mass is 32.2. The first-order valence-electron chi connectivity index (χ1n) is 7.23. The number of nitrogens with zero attached hydrogens (tertiary/aromatic N) is 4. The van der Waals surface area contributed by atoms with Gasteiger partial charge in [0, 0.05) is 0 Å². The summed E-state index contributed by atoms with van der Waals surface area (Å²) in [5.74, 6) is 0.366. The van der Waals surface area contributed by atoms with Crippen LogP contribution in [-0.4, -0.2) is 34.4 Å². The Morgan fingerprint density at radius 3 is 2.52 bits per heavy atom. The molecule has 1 aromatic heterocycles. The normalized spacial score (nSPS) is 17.0. The number of tetrazole rings is 1. The molecule has 1 aliphatic rings. The fraction of sp³-hybridized carbons (Fsp3) is 0.500. The zero-order valence-corrected chi connectivity index (χ0v) is 12.5. The van der Waals surface area contributed by atoms with Crippen LogP contribution in [-0.2, 0) is 9.84 Å². The van der Waals surface area contributed by atoms with Gasteiger partial charge in [0.25, 0.3) is 5.16 Å². The minimum absolute atomic E-state index is 0.0562. The van der Waals surface area contributed by atoms with E-state index < -0.39 is 9.84 Å². The molecule has 0 unspecified atom stereocenters.